The maximum absolute atomic E-state index is 12.5. The summed E-state index contributed by atoms with van der Waals surface area (Å²) in [6, 6.07) is 12.0. The SMILES string of the molecule is CC1(C(=O)Nc2ccc3cc(Br)ccc3c2)CCCC1N. The summed E-state index contributed by atoms with van der Waals surface area (Å²) in [5.41, 5.74) is 6.49. The van der Waals surface area contributed by atoms with Crippen LogP contribution in [0.15, 0.2) is 40.9 Å². The van der Waals surface area contributed by atoms with Gasteiger partial charge in [0.05, 0.1) is 5.41 Å². The molecule has 3 rings (SSSR count). The molecule has 21 heavy (non-hydrogen) atoms. The second-order valence-electron chi connectivity index (χ2n) is 6.08. The fourth-order valence-electron chi connectivity index (χ4n) is 3.04. The number of carbonyl (C=O) groups is 1. The van der Waals surface area contributed by atoms with Gasteiger partial charge in [0.1, 0.15) is 0 Å². The minimum absolute atomic E-state index is 0.0314. The lowest BCUT2D eigenvalue weighted by Gasteiger charge is -2.27. The van der Waals surface area contributed by atoms with Crippen LogP contribution in [0.1, 0.15) is 26.2 Å². The first kappa shape index (κ1) is 14.5. The number of amides is 1. The Morgan fingerprint density at radius 2 is 2.00 bits per heavy atom. The smallest absolute Gasteiger partial charge is 0.231 e. The summed E-state index contributed by atoms with van der Waals surface area (Å²) < 4.78 is 1.05. The third kappa shape index (κ3) is 2.70. The van der Waals surface area contributed by atoms with Gasteiger partial charge in [-0.3, -0.25) is 4.79 Å². The zero-order valence-electron chi connectivity index (χ0n) is 12.0. The first-order valence-electron chi connectivity index (χ1n) is 7.25. The molecule has 2 atom stereocenters. The van der Waals surface area contributed by atoms with E-state index in [0.717, 1.165) is 40.2 Å². The van der Waals surface area contributed by atoms with Gasteiger partial charge >= 0.3 is 0 Å². The molecule has 1 aliphatic carbocycles. The molecule has 2 aromatic rings. The van der Waals surface area contributed by atoms with Crippen molar-refractivity contribution in [1.82, 2.24) is 0 Å². The number of fused-ring (bicyclic) bond motifs is 1. The maximum Gasteiger partial charge on any atom is 0.231 e. The number of carbonyl (C=O) groups excluding carboxylic acids is 1. The molecule has 0 heterocycles. The molecular formula is C17H19BrN2O. The molecule has 1 fully saturated rings. The van der Waals surface area contributed by atoms with Crippen molar-refractivity contribution in [3.63, 3.8) is 0 Å². The van der Waals surface area contributed by atoms with E-state index in [2.05, 4.69) is 27.3 Å². The largest absolute Gasteiger partial charge is 0.327 e. The summed E-state index contributed by atoms with van der Waals surface area (Å²) in [6.45, 7) is 1.97. The topological polar surface area (TPSA) is 55.1 Å². The molecule has 0 radical (unpaired) electrons. The number of nitrogens with two attached hydrogens (primary N) is 1. The average Bonchev–Trinajstić information content (AvgIpc) is 2.80. The van der Waals surface area contributed by atoms with Gasteiger partial charge in [0, 0.05) is 16.2 Å². The van der Waals surface area contributed by atoms with Gasteiger partial charge in [0.15, 0.2) is 0 Å². The molecule has 1 saturated carbocycles. The Morgan fingerprint density at radius 1 is 1.29 bits per heavy atom. The predicted molar refractivity (Wildman–Crippen MR) is 90.2 cm³/mol. The molecule has 1 amide bonds. The minimum atomic E-state index is -0.450. The van der Waals surface area contributed by atoms with E-state index in [-0.39, 0.29) is 11.9 Å². The van der Waals surface area contributed by atoms with Gasteiger partial charge in [-0.05, 0) is 54.8 Å². The van der Waals surface area contributed by atoms with Crippen LogP contribution in [0.25, 0.3) is 10.8 Å². The molecule has 0 aromatic heterocycles. The number of rotatable bonds is 2. The van der Waals surface area contributed by atoms with Crippen molar-refractivity contribution in [3.8, 4) is 0 Å². The number of benzene rings is 2. The average molecular weight is 347 g/mol. The minimum Gasteiger partial charge on any atom is -0.327 e. The Balaban J connectivity index is 1.85. The Labute approximate surface area is 133 Å². The third-order valence-electron chi connectivity index (χ3n) is 4.61. The molecule has 0 spiro atoms. The normalized spacial score (nSPS) is 25.2. The Bertz CT molecular complexity index is 700. The predicted octanol–water partition coefficient (Wildman–Crippen LogP) is 4.06. The standard InChI is InChI=1S/C17H19BrN2O/c1-17(8-2-3-15(17)19)16(21)20-14-7-5-11-9-13(18)6-4-12(11)10-14/h4-7,9-10,15H,2-3,8,19H2,1H3,(H,20,21). The van der Waals surface area contributed by atoms with Crippen LogP contribution < -0.4 is 11.1 Å². The van der Waals surface area contributed by atoms with Crippen molar-refractivity contribution in [2.75, 3.05) is 5.32 Å². The van der Waals surface area contributed by atoms with Gasteiger partial charge in [-0.15, -0.1) is 0 Å². The van der Waals surface area contributed by atoms with Gasteiger partial charge in [-0.1, -0.05) is 34.5 Å². The summed E-state index contributed by atoms with van der Waals surface area (Å²) in [5.74, 6) is 0.0314. The maximum atomic E-state index is 12.5. The summed E-state index contributed by atoms with van der Waals surface area (Å²) >= 11 is 3.47. The zero-order chi connectivity index (χ0) is 15.0. The van der Waals surface area contributed by atoms with Crippen molar-refractivity contribution in [3.05, 3.63) is 40.9 Å². The summed E-state index contributed by atoms with van der Waals surface area (Å²) in [5, 5.41) is 5.28. The Kier molecular flexibility index (Phi) is 3.76. The van der Waals surface area contributed by atoms with Crippen molar-refractivity contribution >= 4 is 38.3 Å². The van der Waals surface area contributed by atoms with Gasteiger partial charge in [-0.25, -0.2) is 0 Å². The molecule has 2 aromatic carbocycles. The summed E-state index contributed by atoms with van der Waals surface area (Å²) in [7, 11) is 0. The lowest BCUT2D eigenvalue weighted by molar-refractivity contribution is -0.125. The second kappa shape index (κ2) is 5.43. The summed E-state index contributed by atoms with van der Waals surface area (Å²) in [4.78, 5) is 12.5. The first-order chi connectivity index (χ1) is 9.99. The van der Waals surface area contributed by atoms with E-state index in [1.807, 2.05) is 37.3 Å². The highest BCUT2D eigenvalue weighted by Gasteiger charge is 2.42. The van der Waals surface area contributed by atoms with Gasteiger partial charge in [-0.2, -0.15) is 0 Å². The molecule has 0 saturated heterocycles. The van der Waals surface area contributed by atoms with E-state index < -0.39 is 5.41 Å². The number of nitrogens with one attached hydrogen (secondary N) is 1. The fraction of sp³-hybridized carbons (Fsp3) is 0.353. The molecular weight excluding hydrogens is 328 g/mol. The van der Waals surface area contributed by atoms with E-state index in [4.69, 9.17) is 5.73 Å². The molecule has 0 bridgehead atoms. The van der Waals surface area contributed by atoms with E-state index in [1.54, 1.807) is 0 Å². The fourth-order valence-corrected chi connectivity index (χ4v) is 3.42. The number of halogens is 1. The molecule has 3 N–H and O–H groups in total. The highest BCUT2D eigenvalue weighted by molar-refractivity contribution is 9.10. The van der Waals surface area contributed by atoms with Crippen LogP contribution in [0.5, 0.6) is 0 Å². The molecule has 110 valence electrons. The van der Waals surface area contributed by atoms with E-state index in [0.29, 0.717) is 0 Å². The van der Waals surface area contributed by atoms with Crippen LogP contribution in [0, 0.1) is 5.41 Å². The van der Waals surface area contributed by atoms with Crippen LogP contribution in [0.3, 0.4) is 0 Å². The summed E-state index contributed by atoms with van der Waals surface area (Å²) in [6.07, 6.45) is 2.81. The van der Waals surface area contributed by atoms with E-state index in [9.17, 15) is 4.79 Å². The quantitative estimate of drug-likeness (QED) is 0.861. The van der Waals surface area contributed by atoms with Crippen molar-refractivity contribution in [1.29, 1.82) is 0 Å². The van der Waals surface area contributed by atoms with Crippen molar-refractivity contribution < 1.29 is 4.79 Å². The molecule has 0 aliphatic heterocycles. The lowest BCUT2D eigenvalue weighted by atomic mass is 9.84. The van der Waals surface area contributed by atoms with Crippen molar-refractivity contribution in [2.24, 2.45) is 11.1 Å². The highest BCUT2D eigenvalue weighted by Crippen LogP contribution is 2.37. The Hall–Kier alpha value is -1.39. The van der Waals surface area contributed by atoms with Crippen LogP contribution >= 0.6 is 15.9 Å². The van der Waals surface area contributed by atoms with Gasteiger partial charge < -0.3 is 11.1 Å². The van der Waals surface area contributed by atoms with Crippen molar-refractivity contribution in [2.45, 2.75) is 32.2 Å². The molecule has 1 aliphatic rings. The zero-order valence-corrected chi connectivity index (χ0v) is 13.6. The van der Waals surface area contributed by atoms with Gasteiger partial charge in [0.2, 0.25) is 5.91 Å². The monoisotopic (exact) mass is 346 g/mol. The van der Waals surface area contributed by atoms with Crippen LogP contribution in [-0.4, -0.2) is 11.9 Å². The third-order valence-corrected chi connectivity index (χ3v) is 5.10. The molecule has 3 nitrogen and oxygen atoms in total. The van der Waals surface area contributed by atoms with Gasteiger partial charge in [0.25, 0.3) is 0 Å². The number of hydrogen-bond donors (Lipinski definition) is 2. The van der Waals surface area contributed by atoms with E-state index in [1.165, 1.54) is 0 Å². The lowest BCUT2D eigenvalue weighted by Crippen LogP contribution is -2.44. The van der Waals surface area contributed by atoms with Crippen LogP contribution in [0.2, 0.25) is 0 Å². The number of anilines is 1. The Morgan fingerprint density at radius 3 is 2.71 bits per heavy atom. The first-order valence-corrected chi connectivity index (χ1v) is 8.05. The molecule has 2 unspecified atom stereocenters. The highest BCUT2D eigenvalue weighted by atomic mass is 79.9. The van der Waals surface area contributed by atoms with Crippen LogP contribution in [-0.2, 0) is 4.79 Å². The van der Waals surface area contributed by atoms with Crippen LogP contribution in [0.4, 0.5) is 5.69 Å². The number of hydrogen-bond acceptors (Lipinski definition) is 2. The molecule has 4 heteroatoms. The second-order valence-corrected chi connectivity index (χ2v) is 6.99. The van der Waals surface area contributed by atoms with E-state index >= 15 is 0 Å².